The number of hydrogen-bond acceptors (Lipinski definition) is 7. The molecule has 282 valence electrons. The van der Waals surface area contributed by atoms with Gasteiger partial charge < -0.3 is 26.2 Å². The van der Waals surface area contributed by atoms with E-state index in [-0.39, 0.29) is 34.8 Å². The quantitative estimate of drug-likeness (QED) is 0.211. The van der Waals surface area contributed by atoms with E-state index in [0.29, 0.717) is 31.7 Å². The van der Waals surface area contributed by atoms with Crippen LogP contribution in [0, 0.1) is 29.1 Å². The van der Waals surface area contributed by atoms with Crippen LogP contribution < -0.4 is 21.3 Å². The highest BCUT2D eigenvalue weighted by Gasteiger charge is 2.69. The minimum absolute atomic E-state index is 0.0932. The molecule has 1 saturated heterocycles. The van der Waals surface area contributed by atoms with Crippen LogP contribution in [0.15, 0.2) is 0 Å². The fraction of sp³-hybridized carbons (Fsp3) is 0.865. The van der Waals surface area contributed by atoms with Crippen LogP contribution in [0.1, 0.15) is 125 Å². The number of rotatable bonds is 13. The molecule has 4 saturated carbocycles. The van der Waals surface area contributed by atoms with E-state index in [1.165, 1.54) is 7.05 Å². The number of carbonyl (C=O) groups is 5. The molecular weight excluding hydrogens is 659 g/mol. The van der Waals surface area contributed by atoms with Crippen molar-refractivity contribution in [1.82, 2.24) is 26.2 Å². The lowest BCUT2D eigenvalue weighted by atomic mass is 9.82. The number of amides is 5. The average molecular weight is 720 g/mol. The van der Waals surface area contributed by atoms with Crippen LogP contribution in [0.4, 0.5) is 4.79 Å². The van der Waals surface area contributed by atoms with Gasteiger partial charge in [-0.15, -0.1) is 0 Å². The Morgan fingerprint density at radius 3 is 2.08 bits per heavy atom. The van der Waals surface area contributed by atoms with Crippen molar-refractivity contribution < 1.29 is 32.4 Å². The molecule has 0 spiro atoms. The number of ketones is 1. The molecule has 0 aromatic heterocycles. The third kappa shape index (κ3) is 8.33. The van der Waals surface area contributed by atoms with E-state index in [1.54, 1.807) is 25.7 Å². The van der Waals surface area contributed by atoms with Crippen LogP contribution in [0.3, 0.4) is 0 Å². The van der Waals surface area contributed by atoms with Gasteiger partial charge in [-0.1, -0.05) is 65.2 Å². The minimum Gasteiger partial charge on any atom is -0.353 e. The van der Waals surface area contributed by atoms with Crippen LogP contribution in [-0.2, 0) is 29.0 Å². The maximum atomic E-state index is 14.7. The Morgan fingerprint density at radius 2 is 1.50 bits per heavy atom. The zero-order chi connectivity index (χ0) is 36.6. The zero-order valence-electron chi connectivity index (χ0n) is 31.1. The van der Waals surface area contributed by atoms with E-state index >= 15 is 0 Å². The summed E-state index contributed by atoms with van der Waals surface area (Å²) in [4.78, 5) is 69.8. The molecule has 13 heteroatoms. The maximum absolute atomic E-state index is 14.7. The lowest BCUT2D eigenvalue weighted by Gasteiger charge is -2.41. The van der Waals surface area contributed by atoms with Crippen LogP contribution in [-0.4, -0.2) is 90.6 Å². The molecule has 5 aliphatic rings. The van der Waals surface area contributed by atoms with Crippen LogP contribution >= 0.6 is 0 Å². The van der Waals surface area contributed by atoms with Crippen LogP contribution in [0.25, 0.3) is 0 Å². The smallest absolute Gasteiger partial charge is 0.315 e. The molecule has 1 heterocycles. The van der Waals surface area contributed by atoms with Crippen LogP contribution in [0.5, 0.6) is 0 Å². The predicted molar refractivity (Wildman–Crippen MR) is 191 cm³/mol. The normalized spacial score (nSPS) is 27.3. The molecule has 5 atom stereocenters. The molecule has 0 aromatic carbocycles. The second-order valence-corrected chi connectivity index (χ2v) is 20.3. The topological polar surface area (TPSA) is 171 Å². The second kappa shape index (κ2) is 14.7. The summed E-state index contributed by atoms with van der Waals surface area (Å²) < 4.78 is 25.8. The van der Waals surface area contributed by atoms with Crippen molar-refractivity contribution in [1.29, 1.82) is 0 Å². The molecule has 5 rings (SSSR count). The van der Waals surface area contributed by atoms with Gasteiger partial charge in [-0.3, -0.25) is 19.2 Å². The first-order valence-electron chi connectivity index (χ1n) is 19.1. The number of carbonyl (C=O) groups excluding carboxylic acids is 5. The molecule has 1 unspecified atom stereocenters. The molecule has 0 radical (unpaired) electrons. The van der Waals surface area contributed by atoms with Crippen molar-refractivity contribution in [2.75, 3.05) is 19.3 Å². The number of nitrogens with one attached hydrogen (secondary N) is 4. The monoisotopic (exact) mass is 719 g/mol. The van der Waals surface area contributed by atoms with Gasteiger partial charge in [0.25, 0.3) is 5.91 Å². The minimum atomic E-state index is -3.55. The summed E-state index contributed by atoms with van der Waals surface area (Å²) in [6.07, 6.45) is 11.3. The fourth-order valence-corrected chi connectivity index (χ4v) is 10.5. The molecule has 4 N–H and O–H groups in total. The van der Waals surface area contributed by atoms with Crippen molar-refractivity contribution in [2.45, 2.75) is 153 Å². The van der Waals surface area contributed by atoms with Crippen molar-refractivity contribution in [2.24, 2.45) is 29.1 Å². The van der Waals surface area contributed by atoms with E-state index in [9.17, 15) is 32.4 Å². The van der Waals surface area contributed by atoms with Crippen molar-refractivity contribution in [3.63, 3.8) is 0 Å². The SMILES string of the molecule is CNC(=O)C(=O)C(CCC1CC1)NC(=O)[C@@H]1[C@@H]2[C@H](CN1C(=O)[C@@H](NC(=O)NC1(CS(=O)(=O)C(C)(C)C)CCCCC1)C1CCCCC1)C2(C)C. The lowest BCUT2D eigenvalue weighted by Crippen LogP contribution is -2.63. The van der Waals surface area contributed by atoms with E-state index in [2.05, 4.69) is 35.1 Å². The van der Waals surface area contributed by atoms with Crippen molar-refractivity contribution in [3.05, 3.63) is 0 Å². The first kappa shape index (κ1) is 38.5. The second-order valence-electron chi connectivity index (χ2n) is 17.6. The Balaban J connectivity index is 1.37. The largest absolute Gasteiger partial charge is 0.353 e. The molecule has 50 heavy (non-hydrogen) atoms. The third-order valence-electron chi connectivity index (χ3n) is 12.7. The number of likely N-dealkylation sites (tertiary alicyclic amines) is 1. The Morgan fingerprint density at radius 1 is 0.880 bits per heavy atom. The molecule has 5 fully saturated rings. The highest BCUT2D eigenvalue weighted by Crippen LogP contribution is 2.65. The molecule has 0 bridgehead atoms. The molecule has 1 aliphatic heterocycles. The lowest BCUT2D eigenvalue weighted by molar-refractivity contribution is -0.144. The third-order valence-corrected chi connectivity index (χ3v) is 15.5. The number of fused-ring (bicyclic) bond motifs is 1. The van der Waals surface area contributed by atoms with Gasteiger partial charge in [0.05, 0.1) is 22.1 Å². The van der Waals surface area contributed by atoms with E-state index in [1.807, 2.05) is 0 Å². The molecule has 5 amide bonds. The summed E-state index contributed by atoms with van der Waals surface area (Å²) in [6.45, 7) is 9.57. The Bertz CT molecular complexity index is 1420. The van der Waals surface area contributed by atoms with Gasteiger partial charge in [0.2, 0.25) is 17.6 Å². The molecule has 4 aliphatic carbocycles. The predicted octanol–water partition coefficient (Wildman–Crippen LogP) is 3.62. The summed E-state index contributed by atoms with van der Waals surface area (Å²) in [6, 6.07) is -3.25. The van der Waals surface area contributed by atoms with E-state index in [0.717, 1.165) is 70.6 Å². The number of likely N-dealkylation sites (N-methyl/N-ethyl adjacent to an activating group) is 1. The summed E-state index contributed by atoms with van der Waals surface area (Å²) in [7, 11) is -2.16. The van der Waals surface area contributed by atoms with Crippen molar-refractivity contribution in [3.8, 4) is 0 Å². The fourth-order valence-electron chi connectivity index (χ4n) is 8.99. The molecular formula is C37H61N5O7S. The Hall–Kier alpha value is -2.70. The van der Waals surface area contributed by atoms with Gasteiger partial charge in [-0.05, 0) is 88.4 Å². The van der Waals surface area contributed by atoms with Gasteiger partial charge in [0.15, 0.2) is 9.84 Å². The number of nitrogens with zero attached hydrogens (tertiary/aromatic N) is 1. The Kier molecular flexibility index (Phi) is 11.4. The number of hydrogen-bond donors (Lipinski definition) is 4. The van der Waals surface area contributed by atoms with E-state index in [4.69, 9.17) is 0 Å². The average Bonchev–Trinajstić information content (AvgIpc) is 3.92. The zero-order valence-corrected chi connectivity index (χ0v) is 31.9. The van der Waals surface area contributed by atoms with Gasteiger partial charge in [-0.2, -0.15) is 0 Å². The van der Waals surface area contributed by atoms with Gasteiger partial charge in [0.1, 0.15) is 12.1 Å². The first-order valence-corrected chi connectivity index (χ1v) is 20.7. The number of Topliss-reactive ketones (excluding diaryl/α,β-unsaturated/α-hetero) is 1. The molecule has 0 aromatic rings. The number of urea groups is 1. The number of piperidine rings is 1. The standard InChI is InChI=1S/C37H61N5O7S/c1-35(2,3)50(48,49)22-37(19-11-8-12-20-37)41-34(47)40-28(24-13-9-7-10-14-24)33(46)42-21-25-27(36(25,4)5)29(42)31(44)39-26(18-17-23-15-16-23)30(43)32(45)38-6/h23-29H,7-22H2,1-6H3,(H,38,45)(H,39,44)(H2,40,41,47)/t25-,26?,27-,28-,29-/m0/s1. The van der Waals surface area contributed by atoms with E-state index < -0.39 is 61.9 Å². The van der Waals surface area contributed by atoms with Crippen molar-refractivity contribution >= 4 is 39.4 Å². The highest BCUT2D eigenvalue weighted by molar-refractivity contribution is 7.92. The highest BCUT2D eigenvalue weighted by atomic mass is 32.2. The van der Waals surface area contributed by atoms with Gasteiger partial charge >= 0.3 is 6.03 Å². The maximum Gasteiger partial charge on any atom is 0.315 e. The van der Waals surface area contributed by atoms with Gasteiger partial charge in [-0.25, -0.2) is 13.2 Å². The number of sulfone groups is 1. The summed E-state index contributed by atoms with van der Waals surface area (Å²) in [5.41, 5.74) is -1.10. The summed E-state index contributed by atoms with van der Waals surface area (Å²) >= 11 is 0. The Labute approximate surface area is 298 Å². The molecule has 12 nitrogen and oxygen atoms in total. The van der Waals surface area contributed by atoms with Gasteiger partial charge in [0, 0.05) is 13.6 Å². The van der Waals surface area contributed by atoms with Crippen LogP contribution in [0.2, 0.25) is 0 Å². The summed E-state index contributed by atoms with van der Waals surface area (Å²) in [5.74, 6) is -2.01. The first-order chi connectivity index (χ1) is 23.4. The summed E-state index contributed by atoms with van der Waals surface area (Å²) in [5, 5.41) is 11.4.